The second kappa shape index (κ2) is 5.59. The molecule has 8 nitrogen and oxygen atoms in total. The van der Waals surface area contributed by atoms with Gasteiger partial charge in [0.05, 0.1) is 17.2 Å². The van der Waals surface area contributed by atoms with E-state index in [1.165, 1.54) is 19.2 Å². The number of carbonyl (C=O) groups excluding carboxylic acids is 1. The highest BCUT2D eigenvalue weighted by Gasteiger charge is 2.30. The summed E-state index contributed by atoms with van der Waals surface area (Å²) in [7, 11) is 0. The van der Waals surface area contributed by atoms with Crippen LogP contribution in [0.1, 0.15) is 36.3 Å². The average Bonchev–Trinajstić information content (AvgIpc) is 3.13. The van der Waals surface area contributed by atoms with Crippen molar-refractivity contribution in [3.63, 3.8) is 0 Å². The molecule has 110 valence electrons. The second-order valence-corrected chi connectivity index (χ2v) is 5.09. The van der Waals surface area contributed by atoms with E-state index in [1.54, 1.807) is 4.57 Å². The van der Waals surface area contributed by atoms with Gasteiger partial charge < -0.3 is 20.7 Å². The molecular weight excluding hydrogens is 264 g/mol. The van der Waals surface area contributed by atoms with Gasteiger partial charge in [-0.3, -0.25) is 14.9 Å². The number of aliphatic hydroxyl groups excluding tert-OH is 1. The topological polar surface area (TPSA) is 123 Å². The summed E-state index contributed by atoms with van der Waals surface area (Å²) in [5, 5.41) is 22.6. The van der Waals surface area contributed by atoms with Gasteiger partial charge in [0, 0.05) is 24.7 Å². The Morgan fingerprint density at radius 2 is 2.35 bits per heavy atom. The molecule has 1 aliphatic rings. The van der Waals surface area contributed by atoms with Gasteiger partial charge in [0.2, 0.25) is 0 Å². The Bertz CT molecular complexity index is 522. The molecule has 1 amide bonds. The largest absolute Gasteiger partial charge is 0.392 e. The number of hydrogen-bond donors (Lipinski definition) is 3. The van der Waals surface area contributed by atoms with Crippen LogP contribution in [0.4, 0.5) is 5.69 Å². The monoisotopic (exact) mass is 282 g/mol. The lowest BCUT2D eigenvalue weighted by Crippen LogP contribution is -2.44. The lowest BCUT2D eigenvalue weighted by Gasteiger charge is -2.15. The molecule has 2 atom stereocenters. The first-order valence-electron chi connectivity index (χ1n) is 6.48. The van der Waals surface area contributed by atoms with Crippen molar-refractivity contribution in [2.75, 3.05) is 6.54 Å². The zero-order valence-electron chi connectivity index (χ0n) is 11.2. The molecule has 0 aromatic carbocycles. The highest BCUT2D eigenvalue weighted by atomic mass is 16.6. The summed E-state index contributed by atoms with van der Waals surface area (Å²) < 4.78 is 1.64. The second-order valence-electron chi connectivity index (χ2n) is 5.09. The van der Waals surface area contributed by atoms with Crippen molar-refractivity contribution in [3.05, 3.63) is 28.1 Å². The number of nitrogens with zero attached hydrogens (tertiary/aromatic N) is 2. The number of nitrogens with two attached hydrogens (primary N) is 1. The van der Waals surface area contributed by atoms with Crippen molar-refractivity contribution in [2.24, 2.45) is 5.73 Å². The summed E-state index contributed by atoms with van der Waals surface area (Å²) >= 11 is 0. The fraction of sp³-hybridized carbons (Fsp3) is 0.583. The van der Waals surface area contributed by atoms with Crippen molar-refractivity contribution >= 4 is 11.6 Å². The number of aliphatic hydroxyl groups is 1. The van der Waals surface area contributed by atoms with E-state index in [4.69, 9.17) is 5.73 Å². The van der Waals surface area contributed by atoms with Gasteiger partial charge >= 0.3 is 0 Å². The van der Waals surface area contributed by atoms with Gasteiger partial charge in [0.1, 0.15) is 5.69 Å². The molecule has 20 heavy (non-hydrogen) atoms. The maximum atomic E-state index is 12.1. The molecule has 1 aromatic rings. The first kappa shape index (κ1) is 14.5. The van der Waals surface area contributed by atoms with Gasteiger partial charge in [-0.1, -0.05) is 0 Å². The minimum Gasteiger partial charge on any atom is -0.392 e. The van der Waals surface area contributed by atoms with Crippen molar-refractivity contribution < 1.29 is 14.8 Å². The number of aromatic nitrogens is 1. The van der Waals surface area contributed by atoms with E-state index in [9.17, 15) is 20.0 Å². The Hall–Kier alpha value is -1.93. The standard InChI is InChI=1S/C12H18N4O4/c1-7(17)10(13)5-14-12(18)11-4-9(16(19)20)6-15(11)8-2-3-8/h4,6-8,10,17H,2-3,5,13H2,1H3,(H,14,18). The van der Waals surface area contributed by atoms with Crippen molar-refractivity contribution in [2.45, 2.75) is 38.0 Å². The van der Waals surface area contributed by atoms with Crippen molar-refractivity contribution in [3.8, 4) is 0 Å². The van der Waals surface area contributed by atoms with Gasteiger partial charge in [0.25, 0.3) is 11.6 Å². The number of nitrogens with one attached hydrogen (secondary N) is 1. The normalized spacial score (nSPS) is 17.6. The molecule has 2 rings (SSSR count). The molecule has 2 unspecified atom stereocenters. The van der Waals surface area contributed by atoms with Crippen LogP contribution in [-0.2, 0) is 0 Å². The number of rotatable bonds is 6. The molecule has 0 spiro atoms. The molecule has 0 radical (unpaired) electrons. The lowest BCUT2D eigenvalue weighted by molar-refractivity contribution is -0.384. The Morgan fingerprint density at radius 1 is 1.70 bits per heavy atom. The van der Waals surface area contributed by atoms with E-state index >= 15 is 0 Å². The highest BCUT2D eigenvalue weighted by Crippen LogP contribution is 2.37. The third-order valence-corrected chi connectivity index (χ3v) is 3.34. The predicted octanol–water partition coefficient (Wildman–Crippen LogP) is 0.169. The highest BCUT2D eigenvalue weighted by molar-refractivity contribution is 5.93. The van der Waals surface area contributed by atoms with Crippen LogP contribution >= 0.6 is 0 Å². The van der Waals surface area contributed by atoms with E-state index in [1.807, 2.05) is 0 Å². The summed E-state index contributed by atoms with van der Waals surface area (Å²) in [5.41, 5.74) is 5.79. The zero-order chi connectivity index (χ0) is 14.9. The van der Waals surface area contributed by atoms with Gasteiger partial charge in [0.15, 0.2) is 0 Å². The summed E-state index contributed by atoms with van der Waals surface area (Å²) in [6.45, 7) is 1.65. The number of nitro groups is 1. The molecule has 0 bridgehead atoms. The fourth-order valence-electron chi connectivity index (χ4n) is 1.87. The number of hydrogen-bond acceptors (Lipinski definition) is 5. The number of carbonyl (C=O) groups is 1. The van der Waals surface area contributed by atoms with Crippen LogP contribution in [0.15, 0.2) is 12.3 Å². The molecule has 1 aliphatic carbocycles. The maximum Gasteiger partial charge on any atom is 0.287 e. The fourth-order valence-corrected chi connectivity index (χ4v) is 1.87. The third-order valence-electron chi connectivity index (χ3n) is 3.34. The molecule has 0 aliphatic heterocycles. The summed E-state index contributed by atoms with van der Waals surface area (Å²) in [5.74, 6) is -0.416. The first-order valence-corrected chi connectivity index (χ1v) is 6.48. The van der Waals surface area contributed by atoms with Gasteiger partial charge in [-0.15, -0.1) is 0 Å². The van der Waals surface area contributed by atoms with Crippen LogP contribution in [0.25, 0.3) is 0 Å². The van der Waals surface area contributed by atoms with Crippen LogP contribution in [0, 0.1) is 10.1 Å². The smallest absolute Gasteiger partial charge is 0.287 e. The zero-order valence-corrected chi connectivity index (χ0v) is 11.2. The average molecular weight is 282 g/mol. The van der Waals surface area contributed by atoms with E-state index in [2.05, 4.69) is 5.32 Å². The Morgan fingerprint density at radius 3 is 2.85 bits per heavy atom. The van der Waals surface area contributed by atoms with Gasteiger partial charge in [-0.05, 0) is 19.8 Å². The molecule has 1 saturated carbocycles. The molecule has 1 fully saturated rings. The van der Waals surface area contributed by atoms with Crippen LogP contribution < -0.4 is 11.1 Å². The summed E-state index contributed by atoms with van der Waals surface area (Å²) in [4.78, 5) is 22.3. The van der Waals surface area contributed by atoms with Gasteiger partial charge in [-0.25, -0.2) is 0 Å². The predicted molar refractivity (Wildman–Crippen MR) is 71.3 cm³/mol. The van der Waals surface area contributed by atoms with Crippen molar-refractivity contribution in [1.82, 2.24) is 9.88 Å². The summed E-state index contributed by atoms with van der Waals surface area (Å²) in [6.07, 6.45) is 2.49. The lowest BCUT2D eigenvalue weighted by atomic mass is 10.2. The Kier molecular flexibility index (Phi) is 4.05. The van der Waals surface area contributed by atoms with E-state index < -0.39 is 23.0 Å². The Labute approximate surface area is 115 Å². The van der Waals surface area contributed by atoms with Crippen LogP contribution in [-0.4, -0.2) is 39.2 Å². The quantitative estimate of drug-likeness (QED) is 0.507. The van der Waals surface area contributed by atoms with E-state index in [0.29, 0.717) is 0 Å². The van der Waals surface area contributed by atoms with Gasteiger partial charge in [-0.2, -0.15) is 0 Å². The van der Waals surface area contributed by atoms with Crippen LogP contribution in [0.3, 0.4) is 0 Å². The Balaban J connectivity index is 2.10. The molecule has 1 aromatic heterocycles. The van der Waals surface area contributed by atoms with Crippen LogP contribution in [0.2, 0.25) is 0 Å². The minimum atomic E-state index is -0.736. The first-order chi connectivity index (χ1) is 9.40. The molecule has 1 heterocycles. The number of amides is 1. The summed E-state index contributed by atoms with van der Waals surface area (Å²) in [6, 6.07) is 0.856. The third kappa shape index (κ3) is 3.14. The SMILES string of the molecule is CC(O)C(N)CNC(=O)c1cc([N+](=O)[O-])cn1C1CC1. The molecule has 4 N–H and O–H groups in total. The molecule has 8 heteroatoms. The molecular formula is C12H18N4O4. The molecule has 0 saturated heterocycles. The van der Waals surface area contributed by atoms with Crippen LogP contribution in [0.5, 0.6) is 0 Å². The minimum absolute atomic E-state index is 0.0955. The van der Waals surface area contributed by atoms with Crippen molar-refractivity contribution in [1.29, 1.82) is 0 Å². The van der Waals surface area contributed by atoms with E-state index in [0.717, 1.165) is 12.8 Å². The van der Waals surface area contributed by atoms with E-state index in [-0.39, 0.29) is 24.0 Å². The maximum absolute atomic E-state index is 12.1.